The number of hydrogen-bond donors (Lipinski definition) is 1. The maximum absolute atomic E-state index is 8.75. The summed E-state index contributed by atoms with van der Waals surface area (Å²) in [5.41, 5.74) is 2.31. The molecule has 0 atom stereocenters. The van der Waals surface area contributed by atoms with Gasteiger partial charge in [0.2, 0.25) is 0 Å². The van der Waals surface area contributed by atoms with Gasteiger partial charge < -0.3 is 9.84 Å². The minimum Gasteiger partial charge on any atom is -0.488 e. The highest BCUT2D eigenvalue weighted by Crippen LogP contribution is 2.22. The molecule has 0 aliphatic heterocycles. The second-order valence-corrected chi connectivity index (χ2v) is 6.05. The van der Waals surface area contributed by atoms with Crippen molar-refractivity contribution in [2.24, 2.45) is 0 Å². The van der Waals surface area contributed by atoms with E-state index in [1.54, 1.807) is 11.3 Å². The van der Waals surface area contributed by atoms with Gasteiger partial charge in [0.15, 0.2) is 0 Å². The first-order chi connectivity index (χ1) is 10.2. The molecule has 110 valence electrons. The van der Waals surface area contributed by atoms with Crippen LogP contribution in [0.15, 0.2) is 35.7 Å². The third-order valence-electron chi connectivity index (χ3n) is 3.12. The molecule has 2 nitrogen and oxygen atoms in total. The van der Waals surface area contributed by atoms with Crippen LogP contribution in [0.4, 0.5) is 0 Å². The first kappa shape index (κ1) is 15.6. The Kier molecular flexibility index (Phi) is 5.86. The van der Waals surface area contributed by atoms with Crippen molar-refractivity contribution in [3.05, 3.63) is 51.7 Å². The molecule has 0 aliphatic rings. The lowest BCUT2D eigenvalue weighted by Crippen LogP contribution is -1.95. The molecule has 0 saturated carbocycles. The summed E-state index contributed by atoms with van der Waals surface area (Å²) in [6, 6.07) is 10.2. The monoisotopic (exact) mass is 300 g/mol. The zero-order valence-electron chi connectivity index (χ0n) is 12.4. The number of thiophene rings is 1. The SMILES string of the molecule is CC(C)c1ccc(OCc2sccc2C#CCCO)cc1. The summed E-state index contributed by atoms with van der Waals surface area (Å²) in [6.45, 7) is 4.99. The minimum atomic E-state index is 0.102. The van der Waals surface area contributed by atoms with E-state index in [1.807, 2.05) is 23.6 Å². The number of aliphatic hydroxyl groups excluding tert-OH is 1. The van der Waals surface area contributed by atoms with Crippen molar-refractivity contribution in [1.82, 2.24) is 0 Å². The lowest BCUT2D eigenvalue weighted by Gasteiger charge is -2.08. The Morgan fingerprint density at radius 1 is 1.19 bits per heavy atom. The van der Waals surface area contributed by atoms with Crippen LogP contribution in [0.5, 0.6) is 5.75 Å². The molecule has 1 heterocycles. The maximum Gasteiger partial charge on any atom is 0.124 e. The molecule has 0 bridgehead atoms. The van der Waals surface area contributed by atoms with Crippen LogP contribution in [-0.2, 0) is 6.61 Å². The van der Waals surface area contributed by atoms with E-state index in [-0.39, 0.29) is 6.61 Å². The Morgan fingerprint density at radius 2 is 1.95 bits per heavy atom. The van der Waals surface area contributed by atoms with Crippen LogP contribution in [0, 0.1) is 11.8 Å². The van der Waals surface area contributed by atoms with Crippen LogP contribution in [0.25, 0.3) is 0 Å². The maximum atomic E-state index is 8.75. The molecule has 0 aliphatic carbocycles. The van der Waals surface area contributed by atoms with Crippen LogP contribution in [0.3, 0.4) is 0 Å². The van der Waals surface area contributed by atoms with Crippen molar-refractivity contribution < 1.29 is 9.84 Å². The highest BCUT2D eigenvalue weighted by Gasteiger charge is 2.04. The first-order valence-electron chi connectivity index (χ1n) is 7.09. The molecule has 1 N–H and O–H groups in total. The first-order valence-corrected chi connectivity index (χ1v) is 7.97. The van der Waals surface area contributed by atoms with Crippen molar-refractivity contribution in [2.45, 2.75) is 32.8 Å². The van der Waals surface area contributed by atoms with Crippen LogP contribution < -0.4 is 4.74 Å². The highest BCUT2D eigenvalue weighted by atomic mass is 32.1. The van der Waals surface area contributed by atoms with Gasteiger partial charge in [0.05, 0.1) is 11.5 Å². The number of ether oxygens (including phenoxy) is 1. The van der Waals surface area contributed by atoms with E-state index < -0.39 is 0 Å². The van der Waals surface area contributed by atoms with Crippen LogP contribution in [0.1, 0.15) is 42.2 Å². The number of benzene rings is 1. The lowest BCUT2D eigenvalue weighted by atomic mass is 10.0. The van der Waals surface area contributed by atoms with E-state index in [0.29, 0.717) is 18.9 Å². The standard InChI is InChI=1S/C18H20O2S/c1-14(2)15-6-8-17(9-7-15)20-13-18-16(10-12-21-18)5-3-4-11-19/h6-10,12,14,19H,4,11,13H2,1-2H3. The van der Waals surface area contributed by atoms with Gasteiger partial charge in [-0.2, -0.15) is 0 Å². The normalized spacial score (nSPS) is 10.3. The Hall–Kier alpha value is -1.76. The summed E-state index contributed by atoms with van der Waals surface area (Å²) in [5.74, 6) is 7.43. The van der Waals surface area contributed by atoms with Crippen LogP contribution >= 0.6 is 11.3 Å². The quantitative estimate of drug-likeness (QED) is 0.839. The molecule has 0 saturated heterocycles. The molecule has 0 fully saturated rings. The van der Waals surface area contributed by atoms with E-state index in [4.69, 9.17) is 9.84 Å². The van der Waals surface area contributed by atoms with Crippen molar-refractivity contribution in [2.75, 3.05) is 6.61 Å². The van der Waals surface area contributed by atoms with Gasteiger partial charge in [-0.05, 0) is 35.1 Å². The van der Waals surface area contributed by atoms with Gasteiger partial charge >= 0.3 is 0 Å². The second kappa shape index (κ2) is 7.87. The van der Waals surface area contributed by atoms with Crippen molar-refractivity contribution in [3.8, 4) is 17.6 Å². The summed E-state index contributed by atoms with van der Waals surface area (Å²) >= 11 is 1.64. The minimum absolute atomic E-state index is 0.102. The fourth-order valence-electron chi connectivity index (χ4n) is 1.88. The van der Waals surface area contributed by atoms with Crippen molar-refractivity contribution in [3.63, 3.8) is 0 Å². The van der Waals surface area contributed by atoms with Gasteiger partial charge in [0.1, 0.15) is 12.4 Å². The summed E-state index contributed by atoms with van der Waals surface area (Å²) in [6.07, 6.45) is 0.507. The third-order valence-corrected chi connectivity index (χ3v) is 4.02. The molecule has 2 aromatic rings. The number of rotatable bonds is 5. The highest BCUT2D eigenvalue weighted by molar-refractivity contribution is 7.10. The van der Waals surface area contributed by atoms with Gasteiger partial charge in [-0.25, -0.2) is 0 Å². The fourth-order valence-corrected chi connectivity index (χ4v) is 2.62. The van der Waals surface area contributed by atoms with E-state index >= 15 is 0 Å². The smallest absolute Gasteiger partial charge is 0.124 e. The van der Waals surface area contributed by atoms with E-state index in [2.05, 4.69) is 37.8 Å². The Bertz CT molecular complexity index is 615. The van der Waals surface area contributed by atoms with Gasteiger partial charge in [-0.15, -0.1) is 11.3 Å². The van der Waals surface area contributed by atoms with Crippen molar-refractivity contribution >= 4 is 11.3 Å². The zero-order chi connectivity index (χ0) is 15.1. The average molecular weight is 300 g/mol. The van der Waals surface area contributed by atoms with E-state index in [1.165, 1.54) is 5.56 Å². The van der Waals surface area contributed by atoms with Gasteiger partial charge in [-0.3, -0.25) is 0 Å². The molecule has 0 unspecified atom stereocenters. The molecule has 21 heavy (non-hydrogen) atoms. The molecule has 0 spiro atoms. The summed E-state index contributed by atoms with van der Waals surface area (Å²) in [7, 11) is 0. The Labute approximate surface area is 130 Å². The molecular weight excluding hydrogens is 280 g/mol. The van der Waals surface area contributed by atoms with Crippen LogP contribution in [0.2, 0.25) is 0 Å². The Balaban J connectivity index is 1.97. The molecule has 3 heteroatoms. The third kappa shape index (κ3) is 4.63. The summed E-state index contributed by atoms with van der Waals surface area (Å²) in [4.78, 5) is 1.12. The summed E-state index contributed by atoms with van der Waals surface area (Å²) in [5, 5.41) is 10.8. The molecule has 0 amide bonds. The molecule has 0 radical (unpaired) electrons. The predicted octanol–water partition coefficient (Wildman–Crippen LogP) is 4.18. The predicted molar refractivity (Wildman–Crippen MR) is 87.8 cm³/mol. The second-order valence-electron chi connectivity index (χ2n) is 5.05. The zero-order valence-corrected chi connectivity index (χ0v) is 13.2. The lowest BCUT2D eigenvalue weighted by molar-refractivity contribution is 0.305. The fraction of sp³-hybridized carbons (Fsp3) is 0.333. The van der Waals surface area contributed by atoms with Crippen molar-refractivity contribution in [1.29, 1.82) is 0 Å². The molecule has 2 rings (SSSR count). The van der Waals surface area contributed by atoms with E-state index in [9.17, 15) is 0 Å². The largest absolute Gasteiger partial charge is 0.488 e. The average Bonchev–Trinajstić information content (AvgIpc) is 2.93. The van der Waals surface area contributed by atoms with E-state index in [0.717, 1.165) is 16.2 Å². The summed E-state index contributed by atoms with van der Waals surface area (Å²) < 4.78 is 5.83. The Morgan fingerprint density at radius 3 is 2.62 bits per heavy atom. The molecular formula is C18H20O2S. The van der Waals surface area contributed by atoms with Gasteiger partial charge in [0, 0.05) is 12.0 Å². The molecule has 1 aromatic carbocycles. The topological polar surface area (TPSA) is 29.5 Å². The van der Waals surface area contributed by atoms with Crippen LogP contribution in [-0.4, -0.2) is 11.7 Å². The van der Waals surface area contributed by atoms with Gasteiger partial charge in [-0.1, -0.05) is 37.8 Å². The van der Waals surface area contributed by atoms with Gasteiger partial charge in [0.25, 0.3) is 0 Å². The number of aliphatic hydroxyl groups is 1. The number of hydrogen-bond acceptors (Lipinski definition) is 3. The molecule has 1 aromatic heterocycles.